The van der Waals surface area contributed by atoms with Gasteiger partial charge in [-0.1, -0.05) is 0 Å². The normalized spacial score (nSPS) is 24.3. The zero-order valence-electron chi connectivity index (χ0n) is 14.5. The van der Waals surface area contributed by atoms with Crippen molar-refractivity contribution in [2.24, 2.45) is 28.3 Å². The summed E-state index contributed by atoms with van der Waals surface area (Å²) in [5, 5.41) is 11.9. The monoisotopic (exact) mass is 341 g/mol. The lowest BCUT2D eigenvalue weighted by Gasteiger charge is -2.32. The Morgan fingerprint density at radius 2 is 1.83 bits per heavy atom. The molecule has 0 aliphatic heterocycles. The largest absolute Gasteiger partial charge is 0.481 e. The number of carbonyl (C=O) groups is 3. The summed E-state index contributed by atoms with van der Waals surface area (Å²) in [6.07, 6.45) is 0.450. The lowest BCUT2D eigenvalue weighted by molar-refractivity contribution is -0.142. The maximum atomic E-state index is 12.8. The van der Waals surface area contributed by atoms with Crippen LogP contribution in [0.15, 0.2) is 4.99 Å². The lowest BCUT2D eigenvalue weighted by Crippen LogP contribution is -2.54. The number of carboxylic acids is 1. The minimum Gasteiger partial charge on any atom is -0.481 e. The molecule has 1 fully saturated rings. The van der Waals surface area contributed by atoms with Crippen molar-refractivity contribution in [3.8, 4) is 0 Å². The van der Waals surface area contributed by atoms with Gasteiger partial charge in [-0.25, -0.2) is 4.99 Å². The molecule has 0 aromatic carbocycles. The van der Waals surface area contributed by atoms with E-state index in [1.54, 1.807) is 7.05 Å². The molecule has 2 unspecified atom stereocenters. The molecule has 4 atom stereocenters. The molecule has 0 aromatic rings. The first-order valence-corrected chi connectivity index (χ1v) is 7.89. The molecule has 0 heterocycles. The Bertz CT molecular complexity index is 530. The molecule has 0 aromatic heterocycles. The number of likely N-dealkylation sites (N-methyl/N-ethyl adjacent to an activating group) is 1. The van der Waals surface area contributed by atoms with Crippen LogP contribution in [-0.4, -0.2) is 58.9 Å². The number of rotatable bonds is 6. The molecule has 2 amide bonds. The highest BCUT2D eigenvalue weighted by atomic mass is 16.4. The first-order chi connectivity index (χ1) is 11.0. The van der Waals surface area contributed by atoms with Gasteiger partial charge >= 0.3 is 5.97 Å². The molecule has 136 valence electrons. The van der Waals surface area contributed by atoms with Crippen LogP contribution < -0.4 is 16.8 Å². The van der Waals surface area contributed by atoms with E-state index in [0.29, 0.717) is 0 Å². The number of guanidine groups is 1. The zero-order valence-corrected chi connectivity index (χ0v) is 14.5. The fraction of sp³-hybridized carbons (Fsp3) is 0.733. The predicted molar refractivity (Wildman–Crippen MR) is 89.0 cm³/mol. The number of carbonyl (C=O) groups excluding carboxylic acids is 2. The molecule has 6 N–H and O–H groups in total. The number of carboxylic acid groups (broad SMARTS) is 1. The molecule has 0 spiro atoms. The third-order valence-corrected chi connectivity index (χ3v) is 4.42. The molecule has 1 aliphatic carbocycles. The van der Waals surface area contributed by atoms with Gasteiger partial charge in [0.2, 0.25) is 11.8 Å². The van der Waals surface area contributed by atoms with Crippen LogP contribution >= 0.6 is 0 Å². The fourth-order valence-corrected chi connectivity index (χ4v) is 2.99. The summed E-state index contributed by atoms with van der Waals surface area (Å²) in [6, 6.07) is -1.46. The van der Waals surface area contributed by atoms with Crippen LogP contribution in [-0.2, 0) is 14.4 Å². The Balaban J connectivity index is 3.17. The maximum Gasteiger partial charge on any atom is 0.306 e. The number of nitrogens with one attached hydrogen (secondary N) is 1. The van der Waals surface area contributed by atoms with Crippen LogP contribution in [0, 0.1) is 11.8 Å². The third kappa shape index (κ3) is 4.84. The number of hydrogen-bond donors (Lipinski definition) is 4. The molecular formula is C15H27N5O4. The summed E-state index contributed by atoms with van der Waals surface area (Å²) in [7, 11) is 1.64. The van der Waals surface area contributed by atoms with E-state index in [0.717, 1.165) is 0 Å². The van der Waals surface area contributed by atoms with E-state index >= 15 is 0 Å². The number of aliphatic imine (C=N–C) groups is 1. The Morgan fingerprint density at radius 3 is 2.25 bits per heavy atom. The van der Waals surface area contributed by atoms with Crippen LogP contribution in [0.5, 0.6) is 0 Å². The van der Waals surface area contributed by atoms with Crippen molar-refractivity contribution in [2.75, 3.05) is 7.05 Å². The van der Waals surface area contributed by atoms with Crippen LogP contribution in [0.1, 0.15) is 33.6 Å². The van der Waals surface area contributed by atoms with Crippen molar-refractivity contribution in [3.63, 3.8) is 0 Å². The number of hydrogen-bond acceptors (Lipinski definition) is 4. The lowest BCUT2D eigenvalue weighted by atomic mass is 9.92. The van der Waals surface area contributed by atoms with E-state index in [4.69, 9.17) is 11.5 Å². The highest BCUT2D eigenvalue weighted by molar-refractivity contribution is 5.87. The Hall–Kier alpha value is -2.32. The molecule has 0 radical (unpaired) electrons. The standard InChI is InChI=1S/C15H27N5O4/c1-7(2)20(4)13(22)12(18-8(3)21)10-5-9(14(23)24)6-11(10)19-15(16)17/h7,9-12H,5-6H2,1-4H3,(H,18,21)(H,23,24)(H4,16,17,19)/t9?,10-,11-,12?/m0/s1. The quantitative estimate of drug-likeness (QED) is 0.363. The summed E-state index contributed by atoms with van der Waals surface area (Å²) in [5.41, 5.74) is 10.9. The van der Waals surface area contributed by atoms with Gasteiger partial charge in [-0.15, -0.1) is 0 Å². The Labute approximate surface area is 141 Å². The van der Waals surface area contributed by atoms with Crippen molar-refractivity contribution in [1.29, 1.82) is 0 Å². The van der Waals surface area contributed by atoms with Gasteiger partial charge in [0.15, 0.2) is 5.96 Å². The molecule has 1 aliphatic rings. The molecule has 24 heavy (non-hydrogen) atoms. The number of nitrogens with two attached hydrogens (primary N) is 2. The number of nitrogens with zero attached hydrogens (tertiary/aromatic N) is 2. The summed E-state index contributed by atoms with van der Waals surface area (Å²) in [4.78, 5) is 41.3. The van der Waals surface area contributed by atoms with Gasteiger partial charge in [0.05, 0.1) is 12.0 Å². The molecule has 0 saturated heterocycles. The molecule has 1 rings (SSSR count). The number of aliphatic carboxylic acids is 1. The van der Waals surface area contributed by atoms with Crippen LogP contribution in [0.3, 0.4) is 0 Å². The Kier molecular flexibility index (Phi) is 6.56. The average molecular weight is 341 g/mol. The average Bonchev–Trinajstić information content (AvgIpc) is 2.86. The van der Waals surface area contributed by atoms with E-state index in [9.17, 15) is 19.5 Å². The second kappa shape index (κ2) is 7.98. The maximum absolute atomic E-state index is 12.8. The fourth-order valence-electron chi connectivity index (χ4n) is 2.99. The minimum atomic E-state index is -0.959. The van der Waals surface area contributed by atoms with Gasteiger partial charge in [-0.2, -0.15) is 0 Å². The summed E-state index contributed by atoms with van der Waals surface area (Å²) in [6.45, 7) is 5.02. The van der Waals surface area contributed by atoms with E-state index in [-0.39, 0.29) is 36.7 Å². The second-order valence-electron chi connectivity index (χ2n) is 6.51. The highest BCUT2D eigenvalue weighted by Gasteiger charge is 2.45. The van der Waals surface area contributed by atoms with E-state index in [2.05, 4.69) is 10.3 Å². The SMILES string of the molecule is CC(=O)NC(C(=O)N(C)C(C)C)[C@H]1CC(C(=O)O)C[C@@H]1N=C(N)N. The molecule has 0 bridgehead atoms. The van der Waals surface area contributed by atoms with Gasteiger partial charge in [0.1, 0.15) is 6.04 Å². The van der Waals surface area contributed by atoms with E-state index in [1.165, 1.54) is 11.8 Å². The van der Waals surface area contributed by atoms with Crippen molar-refractivity contribution in [3.05, 3.63) is 0 Å². The zero-order chi connectivity index (χ0) is 18.6. The summed E-state index contributed by atoms with van der Waals surface area (Å²) < 4.78 is 0. The topological polar surface area (TPSA) is 151 Å². The van der Waals surface area contributed by atoms with Gasteiger partial charge in [0, 0.05) is 25.9 Å². The van der Waals surface area contributed by atoms with Gasteiger partial charge in [0.25, 0.3) is 0 Å². The van der Waals surface area contributed by atoms with Crippen molar-refractivity contribution in [1.82, 2.24) is 10.2 Å². The second-order valence-corrected chi connectivity index (χ2v) is 6.51. The van der Waals surface area contributed by atoms with E-state index < -0.39 is 29.9 Å². The smallest absolute Gasteiger partial charge is 0.306 e. The highest BCUT2D eigenvalue weighted by Crippen LogP contribution is 2.36. The molecule has 9 nitrogen and oxygen atoms in total. The van der Waals surface area contributed by atoms with Crippen molar-refractivity contribution in [2.45, 2.75) is 51.7 Å². The first-order valence-electron chi connectivity index (χ1n) is 7.89. The van der Waals surface area contributed by atoms with Gasteiger partial charge in [-0.05, 0) is 26.7 Å². The molecule has 9 heteroatoms. The van der Waals surface area contributed by atoms with E-state index in [1.807, 2.05) is 13.8 Å². The van der Waals surface area contributed by atoms with Crippen LogP contribution in [0.4, 0.5) is 0 Å². The molecule has 1 saturated carbocycles. The van der Waals surface area contributed by atoms with Crippen LogP contribution in [0.2, 0.25) is 0 Å². The Morgan fingerprint density at radius 1 is 1.25 bits per heavy atom. The molecular weight excluding hydrogens is 314 g/mol. The van der Waals surface area contributed by atoms with Crippen molar-refractivity contribution >= 4 is 23.7 Å². The predicted octanol–water partition coefficient (Wildman–Crippen LogP) is -0.889. The van der Waals surface area contributed by atoms with Crippen molar-refractivity contribution < 1.29 is 19.5 Å². The minimum absolute atomic E-state index is 0.0630. The van der Waals surface area contributed by atoms with Gasteiger partial charge in [-0.3, -0.25) is 14.4 Å². The summed E-state index contributed by atoms with van der Waals surface area (Å²) in [5.74, 6) is -2.91. The summed E-state index contributed by atoms with van der Waals surface area (Å²) >= 11 is 0. The van der Waals surface area contributed by atoms with Gasteiger partial charge < -0.3 is 26.8 Å². The first kappa shape index (κ1) is 19.7. The van der Waals surface area contributed by atoms with Crippen LogP contribution in [0.25, 0.3) is 0 Å². The third-order valence-electron chi connectivity index (χ3n) is 4.42. The number of amides is 2.